The fourth-order valence-corrected chi connectivity index (χ4v) is 2.71. The van der Waals surface area contributed by atoms with Gasteiger partial charge in [-0.1, -0.05) is 11.6 Å². The van der Waals surface area contributed by atoms with Crippen LogP contribution in [0.5, 0.6) is 11.5 Å². The number of urea groups is 1. The summed E-state index contributed by atoms with van der Waals surface area (Å²) in [6.45, 7) is 0. The molecule has 0 heterocycles. The van der Waals surface area contributed by atoms with Crippen LogP contribution in [0, 0.1) is 0 Å². The number of hydrogen-bond acceptors (Lipinski definition) is 4. The molecule has 3 amide bonds. The maximum atomic E-state index is 12.9. The van der Waals surface area contributed by atoms with Crippen LogP contribution in [0.3, 0.4) is 0 Å². The third kappa shape index (κ3) is 5.72. The number of rotatable bonds is 4. The minimum atomic E-state index is -5.11. The summed E-state index contributed by atoms with van der Waals surface area (Å²) in [6.07, 6.45) is -10.2. The fourth-order valence-electron chi connectivity index (χ4n) is 2.48. The van der Waals surface area contributed by atoms with Gasteiger partial charge in [-0.05, 0) is 30.3 Å². The van der Waals surface area contributed by atoms with Crippen molar-refractivity contribution in [2.75, 3.05) is 19.5 Å². The van der Waals surface area contributed by atoms with Crippen LogP contribution >= 0.6 is 11.6 Å². The Labute approximate surface area is 176 Å². The van der Waals surface area contributed by atoms with E-state index < -0.39 is 41.1 Å². The Morgan fingerprint density at radius 1 is 0.903 bits per heavy atom. The number of ether oxygens (including phenoxy) is 2. The highest BCUT2D eigenvalue weighted by Crippen LogP contribution is 2.38. The summed E-state index contributed by atoms with van der Waals surface area (Å²) < 4.78 is 87.5. The van der Waals surface area contributed by atoms with Crippen LogP contribution in [-0.2, 0) is 12.4 Å². The zero-order valence-electron chi connectivity index (χ0n) is 15.7. The van der Waals surface area contributed by atoms with Gasteiger partial charge in [0.05, 0.1) is 30.4 Å². The minimum Gasteiger partial charge on any atom is -0.496 e. The Hall–Kier alpha value is -3.15. The van der Waals surface area contributed by atoms with E-state index in [1.54, 1.807) is 10.6 Å². The van der Waals surface area contributed by atoms with Gasteiger partial charge < -0.3 is 14.8 Å². The number of halogens is 7. The van der Waals surface area contributed by atoms with Gasteiger partial charge in [0.2, 0.25) is 0 Å². The number of amides is 3. The molecule has 0 aliphatic heterocycles. The Morgan fingerprint density at radius 2 is 1.45 bits per heavy atom. The standard InChI is InChI=1S/C18H13ClF6N2O4/c1-30-12-4-3-11(19)14(31-2)13(12)15(28)27-16(29)26-10-6-8(17(20,21)22)5-9(7-10)18(23,24)25/h3-7H,1-2H3,(H2,26,27,28,29). The molecule has 0 aliphatic carbocycles. The van der Waals surface area contributed by atoms with E-state index in [0.29, 0.717) is 12.1 Å². The summed E-state index contributed by atoms with van der Waals surface area (Å²) in [5.41, 5.74) is -4.42. The molecule has 0 saturated heterocycles. The first kappa shape index (κ1) is 24.1. The van der Waals surface area contributed by atoms with Gasteiger partial charge in [-0.15, -0.1) is 0 Å². The van der Waals surface area contributed by atoms with Crippen LogP contribution in [-0.4, -0.2) is 26.2 Å². The average Bonchev–Trinajstić information content (AvgIpc) is 2.65. The molecule has 168 valence electrons. The van der Waals surface area contributed by atoms with Gasteiger partial charge in [0.1, 0.15) is 11.3 Å². The van der Waals surface area contributed by atoms with Crippen LogP contribution in [0.25, 0.3) is 0 Å². The Bertz CT molecular complexity index is 976. The topological polar surface area (TPSA) is 76.7 Å². The molecule has 13 heteroatoms. The molecule has 31 heavy (non-hydrogen) atoms. The Balaban J connectivity index is 2.33. The Morgan fingerprint density at radius 3 is 1.90 bits per heavy atom. The zero-order chi connectivity index (χ0) is 23.6. The molecule has 2 N–H and O–H groups in total. The number of carbonyl (C=O) groups is 2. The second-order valence-electron chi connectivity index (χ2n) is 5.86. The van der Waals surface area contributed by atoms with Crippen molar-refractivity contribution < 1.29 is 45.4 Å². The van der Waals surface area contributed by atoms with Crippen LogP contribution in [0.4, 0.5) is 36.8 Å². The van der Waals surface area contributed by atoms with E-state index in [1.165, 1.54) is 26.4 Å². The molecule has 2 aromatic rings. The molecule has 0 aliphatic rings. The van der Waals surface area contributed by atoms with E-state index in [4.69, 9.17) is 21.1 Å². The number of benzene rings is 2. The molecular weight excluding hydrogens is 458 g/mol. The summed E-state index contributed by atoms with van der Waals surface area (Å²) in [5, 5.41) is 3.53. The summed E-state index contributed by atoms with van der Waals surface area (Å²) in [4.78, 5) is 24.5. The SMILES string of the molecule is COc1ccc(Cl)c(OC)c1C(=O)NC(=O)Nc1cc(C(F)(F)F)cc(C(F)(F)F)c1. The van der Waals surface area contributed by atoms with Crippen LogP contribution in [0.1, 0.15) is 21.5 Å². The monoisotopic (exact) mass is 470 g/mol. The van der Waals surface area contributed by atoms with Gasteiger partial charge in [-0.25, -0.2) is 4.79 Å². The van der Waals surface area contributed by atoms with Crippen LogP contribution in [0.2, 0.25) is 5.02 Å². The van der Waals surface area contributed by atoms with Gasteiger partial charge in [-0.3, -0.25) is 10.1 Å². The van der Waals surface area contributed by atoms with Gasteiger partial charge in [0, 0.05) is 5.69 Å². The second-order valence-corrected chi connectivity index (χ2v) is 6.27. The van der Waals surface area contributed by atoms with E-state index in [0.717, 1.165) is 0 Å². The lowest BCUT2D eigenvalue weighted by atomic mass is 10.1. The molecular formula is C18H13ClF6N2O4. The number of alkyl halides is 6. The van der Waals surface area contributed by atoms with Gasteiger partial charge in [-0.2, -0.15) is 26.3 Å². The molecule has 0 bridgehead atoms. The second kappa shape index (κ2) is 8.92. The van der Waals surface area contributed by atoms with Crippen molar-refractivity contribution in [1.82, 2.24) is 5.32 Å². The van der Waals surface area contributed by atoms with E-state index >= 15 is 0 Å². The third-order valence-corrected chi connectivity index (χ3v) is 4.09. The summed E-state index contributed by atoms with van der Waals surface area (Å²) in [7, 11) is 2.39. The van der Waals surface area contributed by atoms with Crippen molar-refractivity contribution in [2.24, 2.45) is 0 Å². The minimum absolute atomic E-state index is 0.0124. The lowest BCUT2D eigenvalue weighted by molar-refractivity contribution is -0.143. The summed E-state index contributed by atoms with van der Waals surface area (Å²) >= 11 is 5.91. The molecule has 2 aromatic carbocycles. The van der Waals surface area contributed by atoms with Crippen molar-refractivity contribution in [3.8, 4) is 11.5 Å². The van der Waals surface area contributed by atoms with Crippen LogP contribution < -0.4 is 20.1 Å². The molecule has 0 aromatic heterocycles. The number of hydrogen-bond donors (Lipinski definition) is 2. The highest BCUT2D eigenvalue weighted by atomic mass is 35.5. The number of methoxy groups -OCH3 is 2. The van der Waals surface area contributed by atoms with Gasteiger partial charge >= 0.3 is 18.4 Å². The lowest BCUT2D eigenvalue weighted by Gasteiger charge is -2.16. The molecule has 2 rings (SSSR count). The maximum Gasteiger partial charge on any atom is 0.416 e. The largest absolute Gasteiger partial charge is 0.496 e. The van der Waals surface area contributed by atoms with Crippen molar-refractivity contribution in [1.29, 1.82) is 0 Å². The number of carbonyl (C=O) groups excluding carboxylic acids is 2. The molecule has 6 nitrogen and oxygen atoms in total. The summed E-state index contributed by atoms with van der Waals surface area (Å²) in [5.74, 6) is -1.34. The molecule has 0 saturated carbocycles. The predicted molar refractivity (Wildman–Crippen MR) is 97.5 cm³/mol. The average molecular weight is 471 g/mol. The van der Waals surface area contributed by atoms with Crippen molar-refractivity contribution in [3.05, 3.63) is 52.0 Å². The van der Waals surface area contributed by atoms with Gasteiger partial charge in [0.15, 0.2) is 5.75 Å². The van der Waals surface area contributed by atoms with Crippen LogP contribution in [0.15, 0.2) is 30.3 Å². The number of anilines is 1. The molecule has 0 atom stereocenters. The lowest BCUT2D eigenvalue weighted by Crippen LogP contribution is -2.35. The van der Waals surface area contributed by atoms with E-state index in [9.17, 15) is 35.9 Å². The van der Waals surface area contributed by atoms with Crippen molar-refractivity contribution in [2.45, 2.75) is 12.4 Å². The third-order valence-electron chi connectivity index (χ3n) is 3.80. The normalized spacial score (nSPS) is 11.6. The number of imide groups is 1. The van der Waals surface area contributed by atoms with E-state index in [1.807, 2.05) is 0 Å². The highest BCUT2D eigenvalue weighted by Gasteiger charge is 2.37. The molecule has 0 unspecified atom stereocenters. The quantitative estimate of drug-likeness (QED) is 0.590. The molecule has 0 fully saturated rings. The molecule has 0 spiro atoms. The summed E-state index contributed by atoms with van der Waals surface area (Å²) in [6, 6.07) is 1.72. The first-order valence-corrected chi connectivity index (χ1v) is 8.48. The van der Waals surface area contributed by atoms with Gasteiger partial charge in [0.25, 0.3) is 5.91 Å². The zero-order valence-corrected chi connectivity index (χ0v) is 16.4. The maximum absolute atomic E-state index is 12.9. The molecule has 0 radical (unpaired) electrons. The first-order chi connectivity index (χ1) is 14.3. The fraction of sp³-hybridized carbons (Fsp3) is 0.222. The number of nitrogens with one attached hydrogen (secondary N) is 2. The Kier molecular flexibility index (Phi) is 6.94. The van der Waals surface area contributed by atoms with Crippen molar-refractivity contribution >= 4 is 29.2 Å². The van der Waals surface area contributed by atoms with E-state index in [-0.39, 0.29) is 28.2 Å². The first-order valence-electron chi connectivity index (χ1n) is 8.10. The predicted octanol–water partition coefficient (Wildman–Crippen LogP) is 5.36. The smallest absolute Gasteiger partial charge is 0.416 e. The van der Waals surface area contributed by atoms with E-state index in [2.05, 4.69) is 0 Å². The highest BCUT2D eigenvalue weighted by molar-refractivity contribution is 6.33. The van der Waals surface area contributed by atoms with Crippen molar-refractivity contribution in [3.63, 3.8) is 0 Å².